The van der Waals surface area contributed by atoms with Crippen LogP contribution in [0.2, 0.25) is 0 Å². The fourth-order valence-corrected chi connectivity index (χ4v) is 2.47. The predicted octanol–water partition coefficient (Wildman–Crippen LogP) is 3.35. The molecule has 3 nitrogen and oxygen atoms in total. The molecule has 0 unspecified atom stereocenters. The van der Waals surface area contributed by atoms with Crippen molar-refractivity contribution in [1.29, 1.82) is 0 Å². The Kier molecular flexibility index (Phi) is 4.50. The highest BCUT2D eigenvalue weighted by Gasteiger charge is 2.00. The Morgan fingerprint density at radius 3 is 3.06 bits per heavy atom. The average Bonchev–Trinajstić information content (AvgIpc) is 2.71. The maximum atomic E-state index is 5.64. The zero-order valence-corrected chi connectivity index (χ0v) is 11.9. The quantitative estimate of drug-likeness (QED) is 0.626. The summed E-state index contributed by atoms with van der Waals surface area (Å²) in [5.74, 6) is 1.77. The van der Waals surface area contributed by atoms with Gasteiger partial charge in [0.05, 0.1) is 6.61 Å². The first-order chi connectivity index (χ1) is 8.25. The van der Waals surface area contributed by atoms with Crippen molar-refractivity contribution in [2.75, 3.05) is 12.4 Å². The molecule has 0 amide bonds. The summed E-state index contributed by atoms with van der Waals surface area (Å²) < 4.78 is 8.67. The number of hydrogen-bond donors (Lipinski definition) is 0. The molecule has 2 rings (SSSR count). The lowest BCUT2D eigenvalue weighted by Crippen LogP contribution is -2.01. The first kappa shape index (κ1) is 12.5. The standard InChI is InChI=1S/C12H13BrN2OS/c1-15-6-5-14-12(15)17-8-7-16-11-4-2-3-10(13)9-11/h2-6,9H,7-8H2,1H3. The van der Waals surface area contributed by atoms with E-state index in [1.165, 1.54) is 0 Å². The van der Waals surface area contributed by atoms with E-state index in [0.717, 1.165) is 21.1 Å². The van der Waals surface area contributed by atoms with Crippen molar-refractivity contribution in [2.24, 2.45) is 7.05 Å². The number of hydrogen-bond acceptors (Lipinski definition) is 3. The molecule has 0 spiro atoms. The Labute approximate surface area is 113 Å². The van der Waals surface area contributed by atoms with Gasteiger partial charge in [0.1, 0.15) is 5.75 Å². The topological polar surface area (TPSA) is 27.1 Å². The molecule has 0 radical (unpaired) electrons. The van der Waals surface area contributed by atoms with Crippen molar-refractivity contribution in [1.82, 2.24) is 9.55 Å². The van der Waals surface area contributed by atoms with Gasteiger partial charge in [-0.3, -0.25) is 0 Å². The summed E-state index contributed by atoms with van der Waals surface area (Å²) in [5, 5.41) is 1.02. The molecule has 0 saturated carbocycles. The van der Waals surface area contributed by atoms with E-state index in [-0.39, 0.29) is 0 Å². The fourth-order valence-electron chi connectivity index (χ4n) is 1.34. The second-order valence-corrected chi connectivity index (χ2v) is 5.45. The summed E-state index contributed by atoms with van der Waals surface area (Å²) in [4.78, 5) is 4.24. The maximum Gasteiger partial charge on any atom is 0.167 e. The third-order valence-corrected chi connectivity index (χ3v) is 3.67. The van der Waals surface area contributed by atoms with Crippen LogP contribution < -0.4 is 4.74 Å². The van der Waals surface area contributed by atoms with Crippen LogP contribution in [0.5, 0.6) is 5.75 Å². The second-order valence-electron chi connectivity index (χ2n) is 3.48. The number of ether oxygens (including phenoxy) is 1. The van der Waals surface area contributed by atoms with E-state index in [2.05, 4.69) is 20.9 Å². The highest BCUT2D eigenvalue weighted by Crippen LogP contribution is 2.19. The molecule has 0 aliphatic rings. The molecule has 0 aliphatic heterocycles. The minimum atomic E-state index is 0.675. The van der Waals surface area contributed by atoms with Crippen LogP contribution >= 0.6 is 27.7 Å². The zero-order chi connectivity index (χ0) is 12.1. The van der Waals surface area contributed by atoms with Crippen molar-refractivity contribution in [3.05, 3.63) is 41.1 Å². The number of benzene rings is 1. The van der Waals surface area contributed by atoms with Gasteiger partial charge in [0.25, 0.3) is 0 Å². The van der Waals surface area contributed by atoms with Gasteiger partial charge in [-0.05, 0) is 18.2 Å². The van der Waals surface area contributed by atoms with Crippen LogP contribution in [0, 0.1) is 0 Å². The van der Waals surface area contributed by atoms with Gasteiger partial charge >= 0.3 is 0 Å². The molecule has 1 aromatic carbocycles. The Balaban J connectivity index is 1.75. The van der Waals surface area contributed by atoms with E-state index >= 15 is 0 Å². The number of nitrogens with zero attached hydrogens (tertiary/aromatic N) is 2. The van der Waals surface area contributed by atoms with Crippen molar-refractivity contribution in [3.8, 4) is 5.75 Å². The molecular weight excluding hydrogens is 300 g/mol. The van der Waals surface area contributed by atoms with E-state index in [1.807, 2.05) is 42.1 Å². The Bertz CT molecular complexity index is 487. The largest absolute Gasteiger partial charge is 0.493 e. The van der Waals surface area contributed by atoms with Crippen LogP contribution in [0.15, 0.2) is 46.3 Å². The van der Waals surface area contributed by atoms with Gasteiger partial charge in [-0.1, -0.05) is 33.8 Å². The van der Waals surface area contributed by atoms with E-state index < -0.39 is 0 Å². The lowest BCUT2D eigenvalue weighted by molar-refractivity contribution is 0.343. The van der Waals surface area contributed by atoms with E-state index in [9.17, 15) is 0 Å². The molecule has 0 N–H and O–H groups in total. The van der Waals surface area contributed by atoms with Gasteiger partial charge in [-0.15, -0.1) is 0 Å². The number of rotatable bonds is 5. The molecule has 0 saturated heterocycles. The van der Waals surface area contributed by atoms with E-state index in [1.54, 1.807) is 18.0 Å². The van der Waals surface area contributed by atoms with Crippen LogP contribution in [-0.4, -0.2) is 21.9 Å². The first-order valence-corrected chi connectivity index (χ1v) is 7.02. The van der Waals surface area contributed by atoms with Crippen molar-refractivity contribution in [3.63, 3.8) is 0 Å². The van der Waals surface area contributed by atoms with Crippen LogP contribution in [0.4, 0.5) is 0 Å². The summed E-state index contributed by atoms with van der Waals surface area (Å²) in [6, 6.07) is 7.86. The molecule has 5 heteroatoms. The molecule has 0 bridgehead atoms. The van der Waals surface area contributed by atoms with Crippen LogP contribution in [0.1, 0.15) is 0 Å². The number of aromatic nitrogens is 2. The number of imidazole rings is 1. The smallest absolute Gasteiger partial charge is 0.167 e. The third kappa shape index (κ3) is 3.78. The van der Waals surface area contributed by atoms with Gasteiger partial charge in [0.15, 0.2) is 5.16 Å². The zero-order valence-electron chi connectivity index (χ0n) is 9.47. The molecule has 1 aromatic heterocycles. The van der Waals surface area contributed by atoms with Crippen LogP contribution in [-0.2, 0) is 7.05 Å². The Morgan fingerprint density at radius 2 is 2.35 bits per heavy atom. The lowest BCUT2D eigenvalue weighted by Gasteiger charge is -2.06. The van der Waals surface area contributed by atoms with Crippen molar-refractivity contribution in [2.45, 2.75) is 5.16 Å². The van der Waals surface area contributed by atoms with Gasteiger partial charge in [-0.2, -0.15) is 0 Å². The summed E-state index contributed by atoms with van der Waals surface area (Å²) in [6.45, 7) is 0.675. The molecule has 1 heterocycles. The molecule has 0 aliphatic carbocycles. The van der Waals surface area contributed by atoms with Crippen LogP contribution in [0.25, 0.3) is 0 Å². The number of halogens is 1. The predicted molar refractivity (Wildman–Crippen MR) is 73.6 cm³/mol. The minimum Gasteiger partial charge on any atom is -0.493 e. The number of thioether (sulfide) groups is 1. The summed E-state index contributed by atoms with van der Waals surface area (Å²) in [7, 11) is 1.99. The lowest BCUT2D eigenvalue weighted by atomic mass is 10.3. The van der Waals surface area contributed by atoms with Crippen LogP contribution in [0.3, 0.4) is 0 Å². The molecular formula is C12H13BrN2OS. The average molecular weight is 313 g/mol. The highest BCUT2D eigenvalue weighted by atomic mass is 79.9. The summed E-state index contributed by atoms with van der Waals surface area (Å²) in [5.41, 5.74) is 0. The Morgan fingerprint density at radius 1 is 1.47 bits per heavy atom. The Hall–Kier alpha value is -0.940. The number of aryl methyl sites for hydroxylation is 1. The molecule has 2 aromatic rings. The van der Waals surface area contributed by atoms with Crippen molar-refractivity contribution >= 4 is 27.7 Å². The normalized spacial score (nSPS) is 10.5. The van der Waals surface area contributed by atoms with Gasteiger partial charge in [-0.25, -0.2) is 4.98 Å². The second kappa shape index (κ2) is 6.12. The first-order valence-electron chi connectivity index (χ1n) is 5.24. The van der Waals surface area contributed by atoms with Gasteiger partial charge < -0.3 is 9.30 Å². The SMILES string of the molecule is Cn1ccnc1SCCOc1cccc(Br)c1. The minimum absolute atomic E-state index is 0.675. The molecule has 0 fully saturated rings. The fraction of sp³-hybridized carbons (Fsp3) is 0.250. The summed E-state index contributed by atoms with van der Waals surface area (Å²) in [6.07, 6.45) is 3.75. The van der Waals surface area contributed by atoms with Gasteiger partial charge in [0.2, 0.25) is 0 Å². The monoisotopic (exact) mass is 312 g/mol. The maximum absolute atomic E-state index is 5.64. The molecule has 17 heavy (non-hydrogen) atoms. The van der Waals surface area contributed by atoms with Crippen molar-refractivity contribution < 1.29 is 4.74 Å². The highest BCUT2D eigenvalue weighted by molar-refractivity contribution is 9.10. The van der Waals surface area contributed by atoms with E-state index in [0.29, 0.717) is 6.61 Å². The molecule has 90 valence electrons. The van der Waals surface area contributed by atoms with Gasteiger partial charge in [0, 0.05) is 29.7 Å². The summed E-state index contributed by atoms with van der Waals surface area (Å²) >= 11 is 5.11. The van der Waals surface area contributed by atoms with E-state index in [4.69, 9.17) is 4.74 Å². The molecule has 0 atom stereocenters. The third-order valence-electron chi connectivity index (χ3n) is 2.16.